The molecule has 0 aromatic heterocycles. The Labute approximate surface area is 163 Å². The lowest BCUT2D eigenvalue weighted by Crippen LogP contribution is -2.18. The fraction of sp³-hybridized carbons (Fsp3) is 0.571. The van der Waals surface area contributed by atoms with Crippen molar-refractivity contribution in [1.29, 1.82) is 0 Å². The van der Waals surface area contributed by atoms with Crippen molar-refractivity contribution in [3.8, 4) is 0 Å². The fourth-order valence-electron chi connectivity index (χ4n) is 1.30. The maximum atomic E-state index is 11.3. The first-order chi connectivity index (χ1) is 12.8. The molecule has 0 aromatic rings. The summed E-state index contributed by atoms with van der Waals surface area (Å²) in [7, 11) is -7.71. The summed E-state index contributed by atoms with van der Waals surface area (Å²) in [6.45, 7) is 6.22. The maximum Gasteiger partial charge on any atom is 0.374 e. The van der Waals surface area contributed by atoms with Gasteiger partial charge >= 0.3 is 32.2 Å². The minimum absolute atomic E-state index is 0.0128. The lowest BCUT2D eigenvalue weighted by molar-refractivity contribution is -0.144. The first-order valence-electron chi connectivity index (χ1n) is 7.48. The fourth-order valence-corrected chi connectivity index (χ4v) is 2.17. The van der Waals surface area contributed by atoms with Crippen molar-refractivity contribution in [3.63, 3.8) is 0 Å². The largest absolute Gasteiger partial charge is 0.457 e. The van der Waals surface area contributed by atoms with Gasteiger partial charge in [-0.15, -0.1) is 0 Å². The van der Waals surface area contributed by atoms with Crippen molar-refractivity contribution >= 4 is 32.2 Å². The summed E-state index contributed by atoms with van der Waals surface area (Å²) >= 11 is 0. The number of hydrogen-bond donors (Lipinski definition) is 0. The van der Waals surface area contributed by atoms with E-state index in [9.17, 15) is 26.4 Å². The van der Waals surface area contributed by atoms with Gasteiger partial charge in [-0.05, 0) is 13.2 Å². The standard InChI is InChI=1S/C14H22O12S2/c1-11(25-27(3,17)18)13(15)23-9-7-21-5-6-22-8-10-24-14(16)12(2)26-28(4,19)20/h1-2,5-10H2,3-4H3. The molecule has 0 atom stereocenters. The molecule has 0 spiro atoms. The number of ether oxygens (including phenoxy) is 4. The van der Waals surface area contributed by atoms with Gasteiger partial charge in [0.2, 0.25) is 11.5 Å². The van der Waals surface area contributed by atoms with Crippen molar-refractivity contribution in [1.82, 2.24) is 0 Å². The van der Waals surface area contributed by atoms with Crippen LogP contribution >= 0.6 is 0 Å². The Morgan fingerprint density at radius 2 is 0.929 bits per heavy atom. The van der Waals surface area contributed by atoms with Crippen molar-refractivity contribution < 1.29 is 53.7 Å². The second kappa shape index (κ2) is 12.3. The van der Waals surface area contributed by atoms with Gasteiger partial charge in [0.05, 0.1) is 38.9 Å². The third-order valence-corrected chi connectivity index (χ3v) is 3.26. The van der Waals surface area contributed by atoms with E-state index in [1.807, 2.05) is 0 Å². The van der Waals surface area contributed by atoms with E-state index < -0.39 is 43.7 Å². The van der Waals surface area contributed by atoms with Crippen molar-refractivity contribution in [2.75, 3.05) is 52.2 Å². The van der Waals surface area contributed by atoms with Crippen LogP contribution in [0.3, 0.4) is 0 Å². The van der Waals surface area contributed by atoms with Gasteiger partial charge in [-0.1, -0.05) is 0 Å². The molecule has 0 aromatic carbocycles. The van der Waals surface area contributed by atoms with Crippen LogP contribution in [0.15, 0.2) is 24.7 Å². The number of carbonyl (C=O) groups excluding carboxylic acids is 2. The maximum absolute atomic E-state index is 11.3. The van der Waals surface area contributed by atoms with Crippen molar-refractivity contribution in [2.45, 2.75) is 0 Å². The van der Waals surface area contributed by atoms with Crippen molar-refractivity contribution in [2.24, 2.45) is 0 Å². The van der Waals surface area contributed by atoms with Crippen LogP contribution in [0.4, 0.5) is 0 Å². The van der Waals surface area contributed by atoms with Gasteiger partial charge in [0.1, 0.15) is 13.2 Å². The number of esters is 2. The molecular formula is C14H22O12S2. The summed E-state index contributed by atoms with van der Waals surface area (Å²) in [4.78, 5) is 22.7. The first kappa shape index (κ1) is 25.8. The molecule has 0 aliphatic rings. The zero-order valence-corrected chi connectivity index (χ0v) is 17.0. The second-order valence-electron chi connectivity index (χ2n) is 4.92. The third kappa shape index (κ3) is 15.0. The molecule has 28 heavy (non-hydrogen) atoms. The highest BCUT2D eigenvalue weighted by Gasteiger charge is 2.16. The SMILES string of the molecule is C=C(OS(C)(=O)=O)C(=O)OCCOCCOCCOC(=O)C(=C)OS(C)(=O)=O. The molecule has 14 heteroatoms. The molecule has 0 amide bonds. The Hall–Kier alpha value is -2.16. The van der Waals surface area contributed by atoms with Crippen LogP contribution in [-0.2, 0) is 57.1 Å². The summed E-state index contributed by atoms with van der Waals surface area (Å²) in [5.74, 6) is -3.39. The van der Waals surface area contributed by atoms with Crippen LogP contribution in [0.5, 0.6) is 0 Å². The minimum Gasteiger partial charge on any atom is -0.457 e. The monoisotopic (exact) mass is 446 g/mol. The Balaban J connectivity index is 3.65. The molecule has 0 rings (SSSR count). The molecule has 12 nitrogen and oxygen atoms in total. The van der Waals surface area contributed by atoms with E-state index in [-0.39, 0.29) is 39.6 Å². The summed E-state index contributed by atoms with van der Waals surface area (Å²) in [6.07, 6.45) is 1.52. The smallest absolute Gasteiger partial charge is 0.374 e. The average Bonchev–Trinajstić information content (AvgIpc) is 2.52. The molecule has 162 valence electrons. The van der Waals surface area contributed by atoms with Gasteiger partial charge in [0.15, 0.2) is 0 Å². The summed E-state index contributed by atoms with van der Waals surface area (Å²) in [5, 5.41) is 0. The van der Waals surface area contributed by atoms with Gasteiger partial charge in [-0.3, -0.25) is 0 Å². The Kier molecular flexibility index (Phi) is 11.4. The third-order valence-electron chi connectivity index (χ3n) is 2.25. The zero-order valence-electron chi connectivity index (χ0n) is 15.4. The van der Waals surface area contributed by atoms with Gasteiger partial charge in [-0.25, -0.2) is 9.59 Å². The molecule has 0 unspecified atom stereocenters. The molecular weight excluding hydrogens is 424 g/mol. The van der Waals surface area contributed by atoms with Crippen LogP contribution in [0.1, 0.15) is 0 Å². The highest BCUT2D eigenvalue weighted by Crippen LogP contribution is 2.03. The Morgan fingerprint density at radius 1 is 0.643 bits per heavy atom. The number of carbonyl (C=O) groups is 2. The van der Waals surface area contributed by atoms with E-state index in [1.165, 1.54) is 0 Å². The molecule has 0 heterocycles. The van der Waals surface area contributed by atoms with Crippen molar-refractivity contribution in [3.05, 3.63) is 24.7 Å². The molecule has 0 fully saturated rings. The van der Waals surface area contributed by atoms with Crippen LogP contribution in [0, 0.1) is 0 Å². The average molecular weight is 446 g/mol. The molecule has 0 radical (unpaired) electrons. The molecule has 0 aliphatic carbocycles. The Bertz CT molecular complexity index is 700. The topological polar surface area (TPSA) is 158 Å². The highest BCUT2D eigenvalue weighted by atomic mass is 32.2. The second-order valence-corrected chi connectivity index (χ2v) is 8.07. The molecule has 0 N–H and O–H groups in total. The van der Waals surface area contributed by atoms with Gasteiger partial charge in [0.25, 0.3) is 0 Å². The van der Waals surface area contributed by atoms with E-state index in [0.717, 1.165) is 12.5 Å². The van der Waals surface area contributed by atoms with Gasteiger partial charge in [0, 0.05) is 0 Å². The normalized spacial score (nSPS) is 11.4. The van der Waals surface area contributed by atoms with Crippen LogP contribution in [-0.4, -0.2) is 80.9 Å². The van der Waals surface area contributed by atoms with Crippen LogP contribution < -0.4 is 0 Å². The summed E-state index contributed by atoms with van der Waals surface area (Å²) in [6, 6.07) is 0. The molecule has 0 bridgehead atoms. The predicted molar refractivity (Wildman–Crippen MR) is 93.7 cm³/mol. The number of rotatable bonds is 15. The molecule has 0 saturated heterocycles. The summed E-state index contributed by atoms with van der Waals surface area (Å²) < 4.78 is 71.2. The van der Waals surface area contributed by atoms with Gasteiger partial charge < -0.3 is 27.3 Å². The van der Waals surface area contributed by atoms with E-state index in [4.69, 9.17) is 9.47 Å². The Morgan fingerprint density at radius 3 is 1.21 bits per heavy atom. The lowest BCUT2D eigenvalue weighted by Gasteiger charge is -2.09. The van der Waals surface area contributed by atoms with E-state index >= 15 is 0 Å². The summed E-state index contributed by atoms with van der Waals surface area (Å²) in [5.41, 5.74) is 0. The van der Waals surface area contributed by atoms with E-state index in [1.54, 1.807) is 0 Å². The van der Waals surface area contributed by atoms with E-state index in [2.05, 4.69) is 31.0 Å². The highest BCUT2D eigenvalue weighted by molar-refractivity contribution is 7.86. The molecule has 0 aliphatic heterocycles. The quantitative estimate of drug-likeness (QED) is 0.100. The van der Waals surface area contributed by atoms with Gasteiger partial charge in [-0.2, -0.15) is 16.8 Å². The minimum atomic E-state index is -3.86. The predicted octanol–water partition coefficient (Wildman–Crippen LogP) is -0.914. The van der Waals surface area contributed by atoms with E-state index in [0.29, 0.717) is 0 Å². The lowest BCUT2D eigenvalue weighted by atomic mass is 10.6. The van der Waals surface area contributed by atoms with Crippen LogP contribution in [0.25, 0.3) is 0 Å². The zero-order chi connectivity index (χ0) is 21.8. The number of hydrogen-bond acceptors (Lipinski definition) is 12. The first-order valence-corrected chi connectivity index (χ1v) is 11.1. The van der Waals surface area contributed by atoms with Crippen LogP contribution in [0.2, 0.25) is 0 Å². The molecule has 0 saturated carbocycles.